The molecule has 0 radical (unpaired) electrons. The van der Waals surface area contributed by atoms with Crippen molar-refractivity contribution in [3.8, 4) is 22.6 Å². The van der Waals surface area contributed by atoms with E-state index in [1.54, 1.807) is 47.5 Å². The van der Waals surface area contributed by atoms with E-state index >= 15 is 0 Å². The molecule has 0 N–H and O–H groups in total. The largest absolute Gasteiger partial charge is 0.496 e. The molecule has 150 valence electrons. The minimum absolute atomic E-state index is 0.119. The predicted octanol–water partition coefficient (Wildman–Crippen LogP) is 1.88. The van der Waals surface area contributed by atoms with Crippen molar-refractivity contribution in [2.24, 2.45) is 14.1 Å². The Balaban J connectivity index is 1.97. The van der Waals surface area contributed by atoms with Crippen LogP contribution in [0, 0.1) is 0 Å². The number of imidazole rings is 1. The van der Waals surface area contributed by atoms with E-state index in [0.29, 0.717) is 23.6 Å². The van der Waals surface area contributed by atoms with Crippen LogP contribution in [0.25, 0.3) is 33.1 Å². The van der Waals surface area contributed by atoms with E-state index in [0.717, 1.165) is 27.5 Å². The number of hydrogen-bond donors (Lipinski definition) is 0. The molecule has 1 aromatic carbocycles. The maximum Gasteiger partial charge on any atom is 0.329 e. The van der Waals surface area contributed by atoms with Gasteiger partial charge in [-0.3, -0.25) is 18.8 Å². The first-order valence-corrected chi connectivity index (χ1v) is 9.26. The number of aromatic nitrogens is 5. The highest BCUT2D eigenvalue weighted by Crippen LogP contribution is 2.47. The molecule has 4 aromatic rings. The molecule has 1 aliphatic rings. The van der Waals surface area contributed by atoms with E-state index < -0.39 is 0 Å². The summed E-state index contributed by atoms with van der Waals surface area (Å²) in [5, 5.41) is 5.09. The van der Waals surface area contributed by atoms with Gasteiger partial charge in [-0.05, 0) is 0 Å². The van der Waals surface area contributed by atoms with Gasteiger partial charge in [-0.15, -0.1) is 0 Å². The summed E-state index contributed by atoms with van der Waals surface area (Å²) >= 11 is 0. The van der Waals surface area contributed by atoms with Gasteiger partial charge in [0.2, 0.25) is 0 Å². The van der Waals surface area contributed by atoms with Gasteiger partial charge in [0.25, 0.3) is 0 Å². The highest BCUT2D eigenvalue weighted by Gasteiger charge is 2.30. The van der Waals surface area contributed by atoms with Crippen molar-refractivity contribution in [3.05, 3.63) is 35.1 Å². The maximum atomic E-state index is 13.1. The van der Waals surface area contributed by atoms with Crippen LogP contribution in [-0.2, 0) is 18.8 Å². The van der Waals surface area contributed by atoms with Gasteiger partial charge in [0.1, 0.15) is 18.1 Å². The van der Waals surface area contributed by atoms with Crippen LogP contribution < -0.4 is 15.2 Å². The SMILES string of the molecule is COCC1COc2c(-c3cnn(C)c3)c(OC)cc3ncc4c(c23)n1c(=O)n4C. The summed E-state index contributed by atoms with van der Waals surface area (Å²) in [5.74, 6) is 1.28. The number of hydrogen-bond acceptors (Lipinski definition) is 6. The number of ether oxygens (including phenoxy) is 3. The van der Waals surface area contributed by atoms with Crippen LogP contribution in [0.2, 0.25) is 0 Å². The summed E-state index contributed by atoms with van der Waals surface area (Å²) in [6.45, 7) is 0.646. The van der Waals surface area contributed by atoms with Gasteiger partial charge in [-0.2, -0.15) is 5.10 Å². The molecule has 1 aliphatic heterocycles. The topological polar surface area (TPSA) is 85.3 Å². The van der Waals surface area contributed by atoms with Crippen LogP contribution in [0.3, 0.4) is 0 Å². The van der Waals surface area contributed by atoms with Crippen molar-refractivity contribution in [1.82, 2.24) is 23.9 Å². The van der Waals surface area contributed by atoms with Crippen molar-refractivity contribution in [3.63, 3.8) is 0 Å². The minimum atomic E-state index is -0.262. The predicted molar refractivity (Wildman–Crippen MR) is 108 cm³/mol. The molecule has 1 unspecified atom stereocenters. The van der Waals surface area contributed by atoms with Crippen LogP contribution in [0.5, 0.6) is 11.5 Å². The monoisotopic (exact) mass is 395 g/mol. The van der Waals surface area contributed by atoms with Crippen molar-refractivity contribution in [2.45, 2.75) is 6.04 Å². The lowest BCUT2D eigenvalue weighted by molar-refractivity contribution is 0.124. The summed E-state index contributed by atoms with van der Waals surface area (Å²) in [7, 11) is 6.86. The van der Waals surface area contributed by atoms with Crippen LogP contribution >= 0.6 is 0 Å². The second-order valence-electron chi connectivity index (χ2n) is 7.20. The molecule has 0 fully saturated rings. The number of nitrogens with zero attached hydrogens (tertiary/aromatic N) is 5. The Morgan fingerprint density at radius 1 is 1.28 bits per heavy atom. The number of aryl methyl sites for hydroxylation is 2. The molecule has 5 rings (SSSR count). The minimum Gasteiger partial charge on any atom is -0.496 e. The summed E-state index contributed by atoms with van der Waals surface area (Å²) in [6.07, 6.45) is 5.40. The Morgan fingerprint density at radius 2 is 2.10 bits per heavy atom. The molecule has 0 aliphatic carbocycles. The second-order valence-corrected chi connectivity index (χ2v) is 7.20. The van der Waals surface area contributed by atoms with Gasteiger partial charge >= 0.3 is 5.69 Å². The molecule has 0 saturated heterocycles. The molecule has 29 heavy (non-hydrogen) atoms. The fourth-order valence-electron chi connectivity index (χ4n) is 4.16. The van der Waals surface area contributed by atoms with Gasteiger partial charge in [-0.1, -0.05) is 0 Å². The number of rotatable bonds is 4. The number of pyridine rings is 1. The van der Waals surface area contributed by atoms with E-state index in [9.17, 15) is 4.79 Å². The molecule has 0 saturated carbocycles. The average molecular weight is 395 g/mol. The summed E-state index contributed by atoms with van der Waals surface area (Å²) in [5.41, 5.74) is 3.79. The van der Waals surface area contributed by atoms with Gasteiger partial charge in [0.15, 0.2) is 0 Å². The normalized spacial score (nSPS) is 15.8. The number of methoxy groups -OCH3 is 2. The quantitative estimate of drug-likeness (QED) is 0.525. The molecule has 0 bridgehead atoms. The molecule has 4 heterocycles. The van der Waals surface area contributed by atoms with Crippen molar-refractivity contribution in [2.75, 3.05) is 27.4 Å². The molecule has 1 atom stereocenters. The smallest absolute Gasteiger partial charge is 0.329 e. The fourth-order valence-corrected chi connectivity index (χ4v) is 4.16. The van der Waals surface area contributed by atoms with Crippen molar-refractivity contribution in [1.29, 1.82) is 0 Å². The zero-order chi connectivity index (χ0) is 20.3. The maximum absolute atomic E-state index is 13.1. The third-order valence-electron chi connectivity index (χ3n) is 5.48. The fraction of sp³-hybridized carbons (Fsp3) is 0.350. The Kier molecular flexibility index (Phi) is 3.88. The molecule has 0 amide bonds. The van der Waals surface area contributed by atoms with Crippen LogP contribution in [0.4, 0.5) is 0 Å². The molecule has 3 aromatic heterocycles. The lowest BCUT2D eigenvalue weighted by Gasteiger charge is -2.17. The molecule has 9 nitrogen and oxygen atoms in total. The van der Waals surface area contributed by atoms with Gasteiger partial charge in [0.05, 0.1) is 59.7 Å². The summed E-state index contributed by atoms with van der Waals surface area (Å²) in [4.78, 5) is 17.7. The van der Waals surface area contributed by atoms with E-state index in [2.05, 4.69) is 10.1 Å². The van der Waals surface area contributed by atoms with Crippen molar-refractivity contribution < 1.29 is 14.2 Å². The van der Waals surface area contributed by atoms with E-state index in [4.69, 9.17) is 14.2 Å². The number of benzene rings is 1. The highest BCUT2D eigenvalue weighted by atomic mass is 16.5. The molecule has 0 spiro atoms. The standard InChI is InChI=1S/C20H21N5O4/c1-23-8-11(6-22-23)16-15(28-4)5-13-17-18-14(7-21-13)24(2)20(26)25(18)12(9-27-3)10-29-19(16)17/h5-8,12H,9-10H2,1-4H3. The summed E-state index contributed by atoms with van der Waals surface area (Å²) in [6, 6.07) is 1.62. The Bertz CT molecular complexity index is 1320. The highest BCUT2D eigenvalue weighted by molar-refractivity contribution is 6.10. The van der Waals surface area contributed by atoms with Gasteiger partial charge < -0.3 is 14.2 Å². The molecular weight excluding hydrogens is 374 g/mol. The Morgan fingerprint density at radius 3 is 2.79 bits per heavy atom. The van der Waals surface area contributed by atoms with E-state index in [1.807, 2.05) is 19.3 Å². The third-order valence-corrected chi connectivity index (χ3v) is 5.48. The van der Waals surface area contributed by atoms with Gasteiger partial charge in [0, 0.05) is 39.0 Å². The molecule has 9 heteroatoms. The second kappa shape index (κ2) is 6.35. The summed E-state index contributed by atoms with van der Waals surface area (Å²) < 4.78 is 22.5. The van der Waals surface area contributed by atoms with Crippen LogP contribution in [0.15, 0.2) is 29.5 Å². The van der Waals surface area contributed by atoms with Gasteiger partial charge in [-0.25, -0.2) is 4.79 Å². The zero-order valence-corrected chi connectivity index (χ0v) is 16.7. The first-order valence-electron chi connectivity index (χ1n) is 9.26. The van der Waals surface area contributed by atoms with E-state index in [1.165, 1.54) is 0 Å². The zero-order valence-electron chi connectivity index (χ0n) is 16.7. The first kappa shape index (κ1) is 17.7. The third kappa shape index (κ3) is 2.40. The van der Waals surface area contributed by atoms with Crippen LogP contribution in [0.1, 0.15) is 6.04 Å². The van der Waals surface area contributed by atoms with Crippen LogP contribution in [-0.4, -0.2) is 51.3 Å². The average Bonchev–Trinajstić information content (AvgIpc) is 3.19. The van der Waals surface area contributed by atoms with E-state index in [-0.39, 0.29) is 18.3 Å². The lowest BCUT2D eigenvalue weighted by atomic mass is 10.0. The first-order chi connectivity index (χ1) is 14.0. The Labute approximate surface area is 166 Å². The Hall–Kier alpha value is -3.33. The van der Waals surface area contributed by atoms with Crippen molar-refractivity contribution >= 4 is 21.9 Å². The lowest BCUT2D eigenvalue weighted by Crippen LogP contribution is -2.31. The molecular formula is C20H21N5O4.